The minimum atomic E-state index is -3.77. The van der Waals surface area contributed by atoms with Crippen molar-refractivity contribution in [2.45, 2.75) is 23.8 Å². The van der Waals surface area contributed by atoms with Crippen LogP contribution in [0.15, 0.2) is 66.1 Å². The molecule has 1 amide bonds. The van der Waals surface area contributed by atoms with Crippen LogP contribution in [0, 0.1) is 0 Å². The van der Waals surface area contributed by atoms with E-state index in [9.17, 15) is 13.2 Å². The molecule has 28 heavy (non-hydrogen) atoms. The van der Waals surface area contributed by atoms with Crippen molar-refractivity contribution in [1.82, 2.24) is 4.31 Å². The molecule has 1 saturated heterocycles. The smallest absolute Gasteiger partial charge is 0.243 e. The number of sulfonamides is 1. The predicted octanol–water partition coefficient (Wildman–Crippen LogP) is 3.70. The Labute approximate surface area is 169 Å². The molecule has 1 aliphatic rings. The fourth-order valence-electron chi connectivity index (χ4n) is 3.05. The van der Waals surface area contributed by atoms with E-state index in [2.05, 4.69) is 11.9 Å². The maximum Gasteiger partial charge on any atom is 0.243 e. The lowest BCUT2D eigenvalue weighted by Gasteiger charge is -2.23. The van der Waals surface area contributed by atoms with Crippen molar-refractivity contribution in [3.63, 3.8) is 0 Å². The highest BCUT2D eigenvalue weighted by Crippen LogP contribution is 2.28. The molecule has 1 fully saturated rings. The van der Waals surface area contributed by atoms with Crippen LogP contribution in [0.25, 0.3) is 0 Å². The van der Waals surface area contributed by atoms with Crippen molar-refractivity contribution in [3.05, 3.63) is 66.2 Å². The molecule has 2 aromatic rings. The lowest BCUT2D eigenvalue weighted by Crippen LogP contribution is -2.43. The second-order valence-corrected chi connectivity index (χ2v) is 8.67. The Balaban J connectivity index is 1.72. The van der Waals surface area contributed by atoms with Gasteiger partial charge in [0, 0.05) is 17.3 Å². The molecule has 0 unspecified atom stereocenters. The fourth-order valence-corrected chi connectivity index (χ4v) is 4.83. The number of carbonyl (C=O) groups excluding carboxylic acids is 1. The van der Waals surface area contributed by atoms with Crippen LogP contribution >= 0.6 is 11.6 Å². The number of anilines is 1. The van der Waals surface area contributed by atoms with Gasteiger partial charge in [0.15, 0.2) is 0 Å². The monoisotopic (exact) mass is 420 g/mol. The topological polar surface area (TPSA) is 75.7 Å². The summed E-state index contributed by atoms with van der Waals surface area (Å²) in [6.45, 7) is 4.28. The summed E-state index contributed by atoms with van der Waals surface area (Å²) in [4.78, 5) is 12.9. The van der Waals surface area contributed by atoms with E-state index in [0.29, 0.717) is 42.5 Å². The molecule has 148 valence electrons. The van der Waals surface area contributed by atoms with Crippen LogP contribution in [-0.4, -0.2) is 37.8 Å². The van der Waals surface area contributed by atoms with Crippen LogP contribution in [0.1, 0.15) is 12.8 Å². The molecule has 1 atom stereocenters. The van der Waals surface area contributed by atoms with Gasteiger partial charge < -0.3 is 10.1 Å². The van der Waals surface area contributed by atoms with Gasteiger partial charge in [0.05, 0.1) is 4.90 Å². The van der Waals surface area contributed by atoms with E-state index in [-0.39, 0.29) is 10.8 Å². The average Bonchev–Trinajstić information content (AvgIpc) is 3.19. The van der Waals surface area contributed by atoms with Crippen LogP contribution in [0.4, 0.5) is 5.69 Å². The zero-order valence-corrected chi connectivity index (χ0v) is 16.7. The zero-order chi connectivity index (χ0) is 20.1. The summed E-state index contributed by atoms with van der Waals surface area (Å²) >= 11 is 5.84. The van der Waals surface area contributed by atoms with E-state index in [1.807, 2.05) is 0 Å². The third-order valence-electron chi connectivity index (χ3n) is 4.42. The summed E-state index contributed by atoms with van der Waals surface area (Å²) in [6.07, 6.45) is 2.74. The number of hydrogen-bond acceptors (Lipinski definition) is 4. The summed E-state index contributed by atoms with van der Waals surface area (Å²) < 4.78 is 32.5. The molecule has 3 rings (SSSR count). The van der Waals surface area contributed by atoms with E-state index in [0.717, 1.165) is 0 Å². The Kier molecular flexibility index (Phi) is 6.39. The second kappa shape index (κ2) is 8.77. The van der Waals surface area contributed by atoms with Gasteiger partial charge in [-0.25, -0.2) is 8.42 Å². The van der Waals surface area contributed by atoms with Gasteiger partial charge in [-0.3, -0.25) is 4.79 Å². The van der Waals surface area contributed by atoms with Gasteiger partial charge in [-0.15, -0.1) is 0 Å². The van der Waals surface area contributed by atoms with Gasteiger partial charge in [0.25, 0.3) is 0 Å². The predicted molar refractivity (Wildman–Crippen MR) is 109 cm³/mol. The fraction of sp³-hybridized carbons (Fsp3) is 0.250. The van der Waals surface area contributed by atoms with Crippen LogP contribution in [-0.2, 0) is 14.8 Å². The largest absolute Gasteiger partial charge is 0.490 e. The highest BCUT2D eigenvalue weighted by molar-refractivity contribution is 7.89. The minimum Gasteiger partial charge on any atom is -0.490 e. The standard InChI is InChI=1S/C20H21ClN2O4S/c1-2-14-27-17-9-7-16(8-10-17)22-20(24)19-4-3-13-23(19)28(25,26)18-11-5-15(21)6-12-18/h2,5-12,19H,1,3-4,13-14H2,(H,22,24)/t19-/m1/s1. The first-order valence-electron chi connectivity index (χ1n) is 8.84. The second-order valence-electron chi connectivity index (χ2n) is 6.34. The van der Waals surface area contributed by atoms with Gasteiger partial charge in [-0.2, -0.15) is 4.31 Å². The number of ether oxygens (including phenoxy) is 1. The van der Waals surface area contributed by atoms with Crippen molar-refractivity contribution in [3.8, 4) is 5.75 Å². The first-order valence-corrected chi connectivity index (χ1v) is 10.7. The highest BCUT2D eigenvalue weighted by Gasteiger charge is 2.39. The quantitative estimate of drug-likeness (QED) is 0.693. The molecular weight excluding hydrogens is 400 g/mol. The first kappa shape index (κ1) is 20.4. The molecule has 0 bridgehead atoms. The molecule has 0 aliphatic carbocycles. The molecule has 6 nitrogen and oxygen atoms in total. The number of benzene rings is 2. The molecule has 1 aliphatic heterocycles. The average molecular weight is 421 g/mol. The maximum atomic E-state index is 12.9. The minimum absolute atomic E-state index is 0.125. The van der Waals surface area contributed by atoms with Crippen LogP contribution in [0.5, 0.6) is 5.75 Å². The van der Waals surface area contributed by atoms with Gasteiger partial charge >= 0.3 is 0 Å². The Morgan fingerprint density at radius 2 is 1.89 bits per heavy atom. The third kappa shape index (κ3) is 4.55. The zero-order valence-electron chi connectivity index (χ0n) is 15.2. The van der Waals surface area contributed by atoms with E-state index in [4.69, 9.17) is 16.3 Å². The summed E-state index contributed by atoms with van der Waals surface area (Å²) in [5.74, 6) is 0.306. The van der Waals surface area contributed by atoms with Gasteiger partial charge in [-0.05, 0) is 61.4 Å². The van der Waals surface area contributed by atoms with Crippen molar-refractivity contribution in [1.29, 1.82) is 0 Å². The lowest BCUT2D eigenvalue weighted by molar-refractivity contribution is -0.119. The summed E-state index contributed by atoms with van der Waals surface area (Å²) in [5, 5.41) is 3.24. The number of nitrogens with one attached hydrogen (secondary N) is 1. The molecule has 0 aromatic heterocycles. The number of carbonyl (C=O) groups is 1. The molecule has 2 aromatic carbocycles. The third-order valence-corrected chi connectivity index (χ3v) is 6.59. The number of halogens is 1. The van der Waals surface area contributed by atoms with Gasteiger partial charge in [0.2, 0.25) is 15.9 Å². The molecule has 1 heterocycles. The lowest BCUT2D eigenvalue weighted by atomic mass is 10.2. The molecule has 1 N–H and O–H groups in total. The van der Waals surface area contributed by atoms with E-state index in [1.54, 1.807) is 30.3 Å². The van der Waals surface area contributed by atoms with Gasteiger partial charge in [-0.1, -0.05) is 24.3 Å². The Hall–Kier alpha value is -2.35. The number of rotatable bonds is 7. The molecule has 0 radical (unpaired) electrons. The van der Waals surface area contributed by atoms with Crippen molar-refractivity contribution in [2.75, 3.05) is 18.5 Å². The number of hydrogen-bond donors (Lipinski definition) is 1. The summed E-state index contributed by atoms with van der Waals surface area (Å²) in [5.41, 5.74) is 0.576. The Morgan fingerprint density at radius 3 is 2.54 bits per heavy atom. The van der Waals surface area contributed by atoms with E-state index >= 15 is 0 Å². The summed E-state index contributed by atoms with van der Waals surface area (Å²) in [6, 6.07) is 12.1. The van der Waals surface area contributed by atoms with Crippen LogP contribution in [0.3, 0.4) is 0 Å². The summed E-state index contributed by atoms with van der Waals surface area (Å²) in [7, 11) is -3.77. The SMILES string of the molecule is C=CCOc1ccc(NC(=O)[C@H]2CCCN2S(=O)(=O)c2ccc(Cl)cc2)cc1. The molecule has 8 heteroatoms. The Bertz CT molecular complexity index is 943. The highest BCUT2D eigenvalue weighted by atomic mass is 35.5. The van der Waals surface area contributed by atoms with E-state index in [1.165, 1.54) is 28.6 Å². The maximum absolute atomic E-state index is 12.9. The molecular formula is C20H21ClN2O4S. The van der Waals surface area contributed by atoms with E-state index < -0.39 is 16.1 Å². The first-order chi connectivity index (χ1) is 13.4. The molecule has 0 saturated carbocycles. The normalized spacial score (nSPS) is 17.2. The number of amides is 1. The van der Waals surface area contributed by atoms with Crippen molar-refractivity contribution < 1.29 is 17.9 Å². The number of nitrogens with zero attached hydrogens (tertiary/aromatic N) is 1. The van der Waals surface area contributed by atoms with Gasteiger partial charge in [0.1, 0.15) is 18.4 Å². The Morgan fingerprint density at radius 1 is 1.21 bits per heavy atom. The van der Waals surface area contributed by atoms with Crippen molar-refractivity contribution in [2.24, 2.45) is 0 Å². The molecule has 0 spiro atoms. The van der Waals surface area contributed by atoms with Crippen molar-refractivity contribution >= 4 is 33.2 Å². The van der Waals surface area contributed by atoms with Crippen LogP contribution < -0.4 is 10.1 Å². The van der Waals surface area contributed by atoms with Crippen LogP contribution in [0.2, 0.25) is 5.02 Å².